The van der Waals surface area contributed by atoms with Gasteiger partial charge >= 0.3 is 6.03 Å². The average molecular weight is 276 g/mol. The van der Waals surface area contributed by atoms with Gasteiger partial charge in [-0.2, -0.15) is 0 Å². The van der Waals surface area contributed by atoms with Gasteiger partial charge in [-0.05, 0) is 37.0 Å². The van der Waals surface area contributed by atoms with Crippen LogP contribution in [0.5, 0.6) is 5.75 Å². The van der Waals surface area contributed by atoms with E-state index in [2.05, 4.69) is 5.32 Å². The maximum Gasteiger partial charge on any atom is 0.317 e. The number of benzene rings is 1. The Kier molecular flexibility index (Phi) is 5.71. The number of nitrogens with one attached hydrogen (secondary N) is 1. The van der Waals surface area contributed by atoms with E-state index in [0.717, 1.165) is 38.1 Å². The number of methoxy groups -OCH3 is 1. The molecule has 0 aliphatic carbocycles. The molecule has 0 aromatic heterocycles. The highest BCUT2D eigenvalue weighted by Crippen LogP contribution is 2.12. The van der Waals surface area contributed by atoms with Crippen molar-refractivity contribution in [2.24, 2.45) is 0 Å². The number of ether oxygens (including phenoxy) is 1. The maximum absolute atomic E-state index is 12.0. The van der Waals surface area contributed by atoms with Crippen LogP contribution in [0.2, 0.25) is 0 Å². The van der Waals surface area contributed by atoms with Crippen molar-refractivity contribution in [1.82, 2.24) is 10.2 Å². The third kappa shape index (κ3) is 4.44. The molecule has 2 amide bonds. The zero-order valence-electron chi connectivity index (χ0n) is 12.2. The van der Waals surface area contributed by atoms with Crippen LogP contribution < -0.4 is 10.1 Å². The molecule has 0 radical (unpaired) electrons. The zero-order chi connectivity index (χ0) is 14.2. The summed E-state index contributed by atoms with van der Waals surface area (Å²) in [7, 11) is 1.66. The molecule has 1 fully saturated rings. The van der Waals surface area contributed by atoms with Crippen LogP contribution in [0.3, 0.4) is 0 Å². The molecule has 4 heteroatoms. The van der Waals surface area contributed by atoms with Crippen LogP contribution in [0.15, 0.2) is 24.3 Å². The molecule has 1 N–H and O–H groups in total. The Morgan fingerprint density at radius 2 is 1.80 bits per heavy atom. The SMILES string of the molecule is COc1ccc(CCNC(=O)N2CCCCCC2)cc1. The molecule has 1 aromatic rings. The molecule has 1 saturated heterocycles. The number of carbonyl (C=O) groups is 1. The number of hydrogen-bond acceptors (Lipinski definition) is 2. The molecule has 0 spiro atoms. The van der Waals surface area contributed by atoms with Gasteiger partial charge in [0.2, 0.25) is 0 Å². The van der Waals surface area contributed by atoms with Crippen molar-refractivity contribution >= 4 is 6.03 Å². The molecule has 0 bridgehead atoms. The van der Waals surface area contributed by atoms with E-state index in [4.69, 9.17) is 4.74 Å². The molecule has 1 aliphatic heterocycles. The fraction of sp³-hybridized carbons (Fsp3) is 0.562. The van der Waals surface area contributed by atoms with Crippen LogP contribution in [0.25, 0.3) is 0 Å². The Bertz CT molecular complexity index is 409. The number of amides is 2. The molecule has 110 valence electrons. The quantitative estimate of drug-likeness (QED) is 0.918. The predicted octanol–water partition coefficient (Wildman–Crippen LogP) is 2.82. The van der Waals surface area contributed by atoms with E-state index in [1.54, 1.807) is 7.11 Å². The van der Waals surface area contributed by atoms with Gasteiger partial charge in [0.25, 0.3) is 0 Å². The van der Waals surface area contributed by atoms with E-state index in [0.29, 0.717) is 6.54 Å². The summed E-state index contributed by atoms with van der Waals surface area (Å²) in [6, 6.07) is 8.06. The summed E-state index contributed by atoms with van der Waals surface area (Å²) in [5.74, 6) is 0.863. The standard InChI is InChI=1S/C16H24N2O2/c1-20-15-8-6-14(7-9-15)10-11-17-16(19)18-12-4-2-3-5-13-18/h6-9H,2-5,10-13H2,1H3,(H,17,19). The summed E-state index contributed by atoms with van der Waals surface area (Å²) in [5.41, 5.74) is 1.21. The molecule has 0 atom stereocenters. The van der Waals surface area contributed by atoms with Crippen LogP contribution in [-0.4, -0.2) is 37.7 Å². The number of likely N-dealkylation sites (tertiary alicyclic amines) is 1. The normalized spacial score (nSPS) is 15.6. The van der Waals surface area contributed by atoms with Crippen molar-refractivity contribution in [3.63, 3.8) is 0 Å². The van der Waals surface area contributed by atoms with Crippen LogP contribution in [-0.2, 0) is 6.42 Å². The van der Waals surface area contributed by atoms with Gasteiger partial charge in [-0.25, -0.2) is 4.79 Å². The van der Waals surface area contributed by atoms with Crippen molar-refractivity contribution in [2.45, 2.75) is 32.1 Å². The van der Waals surface area contributed by atoms with Crippen molar-refractivity contribution < 1.29 is 9.53 Å². The van der Waals surface area contributed by atoms with Crippen molar-refractivity contribution in [3.05, 3.63) is 29.8 Å². The lowest BCUT2D eigenvalue weighted by atomic mass is 10.1. The minimum absolute atomic E-state index is 0.0837. The Labute approximate surface area is 121 Å². The molecule has 1 heterocycles. The first-order chi connectivity index (χ1) is 9.79. The lowest BCUT2D eigenvalue weighted by molar-refractivity contribution is 0.200. The molecular weight excluding hydrogens is 252 g/mol. The summed E-state index contributed by atoms with van der Waals surface area (Å²) < 4.78 is 5.13. The number of rotatable bonds is 4. The van der Waals surface area contributed by atoms with E-state index in [9.17, 15) is 4.79 Å². The van der Waals surface area contributed by atoms with Gasteiger partial charge in [-0.15, -0.1) is 0 Å². The third-order valence-electron chi connectivity index (χ3n) is 3.74. The van der Waals surface area contributed by atoms with Crippen molar-refractivity contribution in [2.75, 3.05) is 26.7 Å². The second-order valence-electron chi connectivity index (χ2n) is 5.23. The second-order valence-corrected chi connectivity index (χ2v) is 5.23. The molecule has 0 unspecified atom stereocenters. The first-order valence-electron chi connectivity index (χ1n) is 7.45. The Morgan fingerprint density at radius 3 is 2.40 bits per heavy atom. The summed E-state index contributed by atoms with van der Waals surface area (Å²) in [4.78, 5) is 14.0. The fourth-order valence-corrected chi connectivity index (χ4v) is 2.49. The number of nitrogens with zero attached hydrogens (tertiary/aromatic N) is 1. The number of urea groups is 1. The van der Waals surface area contributed by atoms with Gasteiger partial charge in [0.1, 0.15) is 5.75 Å². The fourth-order valence-electron chi connectivity index (χ4n) is 2.49. The summed E-state index contributed by atoms with van der Waals surface area (Å²) >= 11 is 0. The largest absolute Gasteiger partial charge is 0.497 e. The maximum atomic E-state index is 12.0. The lowest BCUT2D eigenvalue weighted by Gasteiger charge is -2.20. The Balaban J connectivity index is 1.72. The van der Waals surface area contributed by atoms with E-state index >= 15 is 0 Å². The van der Waals surface area contributed by atoms with Gasteiger partial charge in [0.15, 0.2) is 0 Å². The van der Waals surface area contributed by atoms with E-state index in [1.165, 1.54) is 18.4 Å². The smallest absolute Gasteiger partial charge is 0.317 e. The Hall–Kier alpha value is -1.71. The monoisotopic (exact) mass is 276 g/mol. The summed E-state index contributed by atoms with van der Waals surface area (Å²) in [5, 5.41) is 3.01. The second kappa shape index (κ2) is 7.78. The average Bonchev–Trinajstić information content (AvgIpc) is 2.77. The van der Waals surface area contributed by atoms with Crippen molar-refractivity contribution in [1.29, 1.82) is 0 Å². The highest BCUT2D eigenvalue weighted by atomic mass is 16.5. The minimum Gasteiger partial charge on any atom is -0.497 e. The summed E-state index contributed by atoms with van der Waals surface area (Å²) in [6.45, 7) is 2.48. The van der Waals surface area contributed by atoms with E-state index in [1.807, 2.05) is 29.2 Å². The van der Waals surface area contributed by atoms with Crippen molar-refractivity contribution in [3.8, 4) is 5.75 Å². The number of hydrogen-bond donors (Lipinski definition) is 1. The molecule has 4 nitrogen and oxygen atoms in total. The first-order valence-corrected chi connectivity index (χ1v) is 7.45. The molecule has 2 rings (SSSR count). The van der Waals surface area contributed by atoms with Crippen LogP contribution in [0, 0.1) is 0 Å². The van der Waals surface area contributed by atoms with Crippen LogP contribution >= 0.6 is 0 Å². The van der Waals surface area contributed by atoms with Crippen LogP contribution in [0.4, 0.5) is 4.79 Å². The zero-order valence-corrected chi connectivity index (χ0v) is 12.2. The van der Waals surface area contributed by atoms with E-state index < -0.39 is 0 Å². The first kappa shape index (κ1) is 14.7. The number of carbonyl (C=O) groups excluding carboxylic acids is 1. The molecule has 20 heavy (non-hydrogen) atoms. The van der Waals surface area contributed by atoms with Gasteiger partial charge in [-0.1, -0.05) is 25.0 Å². The highest BCUT2D eigenvalue weighted by molar-refractivity contribution is 5.74. The van der Waals surface area contributed by atoms with Gasteiger partial charge in [0.05, 0.1) is 7.11 Å². The molecule has 0 saturated carbocycles. The third-order valence-corrected chi connectivity index (χ3v) is 3.74. The van der Waals surface area contributed by atoms with Crippen LogP contribution in [0.1, 0.15) is 31.2 Å². The molecule has 1 aliphatic rings. The minimum atomic E-state index is 0.0837. The molecule has 1 aromatic carbocycles. The predicted molar refractivity (Wildman–Crippen MR) is 80.1 cm³/mol. The lowest BCUT2D eigenvalue weighted by Crippen LogP contribution is -2.41. The topological polar surface area (TPSA) is 41.6 Å². The van der Waals surface area contributed by atoms with Gasteiger partial charge in [0, 0.05) is 19.6 Å². The Morgan fingerprint density at radius 1 is 1.15 bits per heavy atom. The van der Waals surface area contributed by atoms with E-state index in [-0.39, 0.29) is 6.03 Å². The highest BCUT2D eigenvalue weighted by Gasteiger charge is 2.14. The van der Waals surface area contributed by atoms with Gasteiger partial charge < -0.3 is 15.0 Å². The summed E-state index contributed by atoms with van der Waals surface area (Å²) in [6.07, 6.45) is 5.60. The molecular formula is C16H24N2O2. The van der Waals surface area contributed by atoms with Gasteiger partial charge in [-0.3, -0.25) is 0 Å².